The molecule has 0 radical (unpaired) electrons. The second kappa shape index (κ2) is 15.1. The zero-order valence-electron chi connectivity index (χ0n) is 28.0. The first-order chi connectivity index (χ1) is 22.1. The lowest BCUT2D eigenvalue weighted by molar-refractivity contribution is -0.145. The summed E-state index contributed by atoms with van der Waals surface area (Å²) in [6, 6.07) is 13.9. The Hall–Kier alpha value is -3.30. The van der Waals surface area contributed by atoms with Gasteiger partial charge < -0.3 is 14.7 Å². The van der Waals surface area contributed by atoms with Gasteiger partial charge in [-0.25, -0.2) is 8.78 Å². The molecule has 1 aliphatic heterocycles. The summed E-state index contributed by atoms with van der Waals surface area (Å²) in [6.07, 6.45) is 4.34. The zero-order valence-corrected chi connectivity index (χ0v) is 28.0. The summed E-state index contributed by atoms with van der Waals surface area (Å²) in [4.78, 5) is 16.7. The third-order valence-corrected chi connectivity index (χ3v) is 10.2. The highest BCUT2D eigenvalue weighted by Crippen LogP contribution is 2.43. The van der Waals surface area contributed by atoms with E-state index in [0.717, 1.165) is 68.7 Å². The second-order valence-electron chi connectivity index (χ2n) is 13.6. The van der Waals surface area contributed by atoms with Crippen LogP contribution in [0.3, 0.4) is 0 Å². The Labute approximate surface area is 272 Å². The van der Waals surface area contributed by atoms with Gasteiger partial charge in [0.05, 0.1) is 12.3 Å². The van der Waals surface area contributed by atoms with Gasteiger partial charge in [0, 0.05) is 37.2 Å². The molecule has 0 amide bonds. The number of hydrogen-bond donors (Lipinski definition) is 1. The minimum absolute atomic E-state index is 0.00705. The van der Waals surface area contributed by atoms with Crippen molar-refractivity contribution >= 4 is 5.97 Å². The fourth-order valence-electron chi connectivity index (χ4n) is 7.97. The summed E-state index contributed by atoms with van der Waals surface area (Å²) in [6.45, 7) is 11.9. The number of ether oxygens (including phenoxy) is 1. The molecule has 1 aromatic heterocycles. The van der Waals surface area contributed by atoms with Crippen LogP contribution in [0.5, 0.6) is 5.75 Å². The van der Waals surface area contributed by atoms with Crippen molar-refractivity contribution in [3.8, 4) is 5.75 Å². The van der Waals surface area contributed by atoms with Crippen molar-refractivity contribution in [1.82, 2.24) is 19.6 Å². The van der Waals surface area contributed by atoms with Gasteiger partial charge in [0.25, 0.3) is 0 Å². The highest BCUT2D eigenvalue weighted by molar-refractivity contribution is 5.73. The van der Waals surface area contributed by atoms with Crippen LogP contribution in [-0.2, 0) is 17.8 Å². The second-order valence-corrected chi connectivity index (χ2v) is 13.6. The number of likely N-dealkylation sites (N-methyl/N-ethyl adjacent to an activating group) is 1. The van der Waals surface area contributed by atoms with Crippen molar-refractivity contribution in [2.75, 3.05) is 33.3 Å². The Kier molecular flexibility index (Phi) is 11.2. The number of carboxylic acid groups (broad SMARTS) is 1. The molecule has 2 fully saturated rings. The first-order valence-corrected chi connectivity index (χ1v) is 17.0. The van der Waals surface area contributed by atoms with Crippen LogP contribution in [-0.4, -0.2) is 76.0 Å². The Balaban J connectivity index is 1.25. The number of benzene rings is 2. The lowest BCUT2D eigenvalue weighted by Crippen LogP contribution is -2.47. The van der Waals surface area contributed by atoms with E-state index in [2.05, 4.69) is 27.5 Å². The summed E-state index contributed by atoms with van der Waals surface area (Å²) in [7, 11) is 1.94. The van der Waals surface area contributed by atoms with Crippen LogP contribution < -0.4 is 4.74 Å². The third-order valence-electron chi connectivity index (χ3n) is 10.2. The summed E-state index contributed by atoms with van der Waals surface area (Å²) in [5.41, 5.74) is 4.08. The lowest BCUT2D eigenvalue weighted by atomic mass is 9.87. The number of hydrogen-bond acceptors (Lipinski definition) is 5. The molecule has 1 saturated heterocycles. The number of likely N-dealkylation sites (tertiary alicyclic amines) is 1. The maximum atomic E-state index is 14.5. The highest BCUT2D eigenvalue weighted by atomic mass is 19.1. The van der Waals surface area contributed by atoms with Crippen molar-refractivity contribution < 1.29 is 23.4 Å². The molecule has 9 heteroatoms. The summed E-state index contributed by atoms with van der Waals surface area (Å²) >= 11 is 0. The first kappa shape index (κ1) is 34.0. The average molecular weight is 637 g/mol. The Morgan fingerprint density at radius 2 is 1.85 bits per heavy atom. The third kappa shape index (κ3) is 7.80. The Bertz CT molecular complexity index is 1470. The van der Waals surface area contributed by atoms with Crippen LogP contribution in [0.4, 0.5) is 8.78 Å². The van der Waals surface area contributed by atoms with E-state index in [1.165, 1.54) is 11.8 Å². The number of aryl methyl sites for hydroxylation is 1. The van der Waals surface area contributed by atoms with E-state index in [4.69, 9.17) is 9.84 Å². The number of carboxylic acids is 1. The number of nitrogens with zero attached hydrogens (tertiary/aromatic N) is 4. The minimum Gasteiger partial charge on any atom is -0.491 e. The molecule has 7 nitrogen and oxygen atoms in total. The van der Waals surface area contributed by atoms with Gasteiger partial charge in [-0.2, -0.15) is 5.10 Å². The van der Waals surface area contributed by atoms with Crippen LogP contribution >= 0.6 is 0 Å². The quantitative estimate of drug-likeness (QED) is 0.219. The number of rotatable bonds is 13. The molecule has 5 rings (SSSR count). The van der Waals surface area contributed by atoms with Crippen molar-refractivity contribution in [2.24, 2.45) is 11.8 Å². The molecule has 0 spiro atoms. The molecule has 1 saturated carbocycles. The number of halogens is 2. The Morgan fingerprint density at radius 3 is 2.48 bits per heavy atom. The monoisotopic (exact) mass is 636 g/mol. The summed E-state index contributed by atoms with van der Waals surface area (Å²) < 4.78 is 36.2. The number of aromatic nitrogens is 2. The fraction of sp³-hybridized carbons (Fsp3) is 0.568. The van der Waals surface area contributed by atoms with Crippen LogP contribution in [0.2, 0.25) is 0 Å². The molecule has 4 atom stereocenters. The van der Waals surface area contributed by atoms with Crippen molar-refractivity contribution in [3.05, 3.63) is 82.7 Å². The van der Waals surface area contributed by atoms with E-state index in [-0.39, 0.29) is 35.3 Å². The zero-order chi connectivity index (χ0) is 33.0. The van der Waals surface area contributed by atoms with E-state index >= 15 is 0 Å². The average Bonchev–Trinajstić information content (AvgIpc) is 3.63. The summed E-state index contributed by atoms with van der Waals surface area (Å²) in [5, 5.41) is 14.8. The van der Waals surface area contributed by atoms with E-state index in [1.807, 2.05) is 40.0 Å². The molecule has 3 unspecified atom stereocenters. The standard InChI is InChI=1S/C37H50F2N4O3/c1-6-43-34(21-30(40-43)17-25-11-12-35(46-7-2)33(39)18-25)26-13-15-42(16-14-26)23-28-20-31(41(5)36(24(3)4)37(44)45)22-32(28)27-9-8-10-29(38)19-27/h8-12,18-19,21,24,26,28,31-32,36H,6-7,13-17,20,22-23H2,1-5H3,(H,44,45)/t28?,31?,32?,36-/m1/s1. The maximum Gasteiger partial charge on any atom is 0.321 e. The van der Waals surface area contributed by atoms with E-state index < -0.39 is 12.0 Å². The number of piperidine rings is 1. The number of carbonyl (C=O) groups is 1. The lowest BCUT2D eigenvalue weighted by Gasteiger charge is -2.35. The molecule has 2 aliphatic rings. The molecule has 2 heterocycles. The molecule has 1 N–H and O–H groups in total. The molecule has 46 heavy (non-hydrogen) atoms. The van der Waals surface area contributed by atoms with Gasteiger partial charge >= 0.3 is 5.97 Å². The van der Waals surface area contributed by atoms with Gasteiger partial charge in [-0.05, 0) is 119 Å². The van der Waals surface area contributed by atoms with Crippen molar-refractivity contribution in [2.45, 2.75) is 90.3 Å². The molecule has 250 valence electrons. The van der Waals surface area contributed by atoms with Crippen LogP contribution in [0, 0.1) is 23.5 Å². The SMILES string of the molecule is CCOc1ccc(Cc2cc(C3CCN(CC4CC(N(C)[C@@H](C(=O)O)C(C)C)CC4c4cccc(F)c4)CC3)n(CC)n2)cc1F. The normalized spacial score (nSPS) is 21.7. The van der Waals surface area contributed by atoms with Crippen LogP contribution in [0.1, 0.15) is 87.7 Å². The van der Waals surface area contributed by atoms with E-state index in [9.17, 15) is 18.7 Å². The van der Waals surface area contributed by atoms with Gasteiger partial charge in [-0.3, -0.25) is 14.4 Å². The smallest absolute Gasteiger partial charge is 0.321 e. The van der Waals surface area contributed by atoms with E-state index in [0.29, 0.717) is 24.9 Å². The van der Waals surface area contributed by atoms with Gasteiger partial charge in [0.2, 0.25) is 0 Å². The molecule has 1 aliphatic carbocycles. The van der Waals surface area contributed by atoms with Crippen molar-refractivity contribution in [1.29, 1.82) is 0 Å². The topological polar surface area (TPSA) is 70.8 Å². The van der Waals surface area contributed by atoms with Crippen molar-refractivity contribution in [3.63, 3.8) is 0 Å². The molecular weight excluding hydrogens is 586 g/mol. The predicted molar refractivity (Wildman–Crippen MR) is 176 cm³/mol. The Morgan fingerprint density at radius 1 is 1.09 bits per heavy atom. The molecule has 3 aromatic rings. The predicted octanol–water partition coefficient (Wildman–Crippen LogP) is 6.95. The first-order valence-electron chi connectivity index (χ1n) is 17.0. The highest BCUT2D eigenvalue weighted by Gasteiger charge is 2.42. The fourth-order valence-corrected chi connectivity index (χ4v) is 7.97. The largest absolute Gasteiger partial charge is 0.491 e. The maximum absolute atomic E-state index is 14.5. The molecule has 0 bridgehead atoms. The summed E-state index contributed by atoms with van der Waals surface area (Å²) in [5.74, 6) is -0.187. The number of aliphatic carboxylic acids is 1. The van der Waals surface area contributed by atoms with Crippen LogP contribution in [0.25, 0.3) is 0 Å². The van der Waals surface area contributed by atoms with Gasteiger partial charge in [-0.1, -0.05) is 32.0 Å². The van der Waals surface area contributed by atoms with Gasteiger partial charge in [0.1, 0.15) is 11.9 Å². The molecular formula is C37H50F2N4O3. The van der Waals surface area contributed by atoms with Gasteiger partial charge in [-0.15, -0.1) is 0 Å². The van der Waals surface area contributed by atoms with Gasteiger partial charge in [0.15, 0.2) is 11.6 Å². The van der Waals surface area contributed by atoms with Crippen LogP contribution in [0.15, 0.2) is 48.5 Å². The van der Waals surface area contributed by atoms with E-state index in [1.54, 1.807) is 24.3 Å². The minimum atomic E-state index is -0.786. The molecule has 2 aromatic carbocycles.